The molecule has 16 heavy (non-hydrogen) atoms. The Labute approximate surface area is 98.1 Å². The van der Waals surface area contributed by atoms with E-state index in [1.165, 1.54) is 6.42 Å². The lowest BCUT2D eigenvalue weighted by Crippen LogP contribution is -2.43. The Hall–Kier alpha value is -0.770. The quantitative estimate of drug-likeness (QED) is 0.757. The van der Waals surface area contributed by atoms with E-state index in [4.69, 9.17) is 4.74 Å². The molecule has 0 aromatic rings. The summed E-state index contributed by atoms with van der Waals surface area (Å²) in [6, 6.07) is 0. The summed E-state index contributed by atoms with van der Waals surface area (Å²) in [5.41, 5.74) is -0.416. The summed E-state index contributed by atoms with van der Waals surface area (Å²) in [5, 5.41) is 6.18. The zero-order valence-electron chi connectivity index (χ0n) is 10.8. The van der Waals surface area contributed by atoms with Gasteiger partial charge in [-0.1, -0.05) is 6.92 Å². The average Bonchev–Trinajstić information content (AvgIpc) is 2.14. The first-order chi connectivity index (χ1) is 7.38. The molecule has 2 N–H and O–H groups in total. The second kappa shape index (κ2) is 5.53. The van der Waals surface area contributed by atoms with E-state index in [2.05, 4.69) is 17.6 Å². The lowest BCUT2D eigenvalue weighted by atomic mass is 9.88. The number of hydrogen-bond acceptors (Lipinski definition) is 3. The fourth-order valence-corrected chi connectivity index (χ4v) is 1.86. The molecule has 0 aliphatic carbocycles. The molecule has 2 atom stereocenters. The predicted octanol–water partition coefficient (Wildman–Crippen LogP) is 1.76. The van der Waals surface area contributed by atoms with E-state index in [0.717, 1.165) is 13.1 Å². The number of carbonyl (C=O) groups excluding carboxylic acids is 1. The monoisotopic (exact) mass is 228 g/mol. The Morgan fingerprint density at radius 1 is 1.50 bits per heavy atom. The van der Waals surface area contributed by atoms with Crippen molar-refractivity contribution in [3.05, 3.63) is 0 Å². The average molecular weight is 228 g/mol. The Bertz CT molecular complexity index is 236. The van der Waals surface area contributed by atoms with Crippen molar-refractivity contribution in [2.24, 2.45) is 11.8 Å². The van der Waals surface area contributed by atoms with Crippen LogP contribution in [0.25, 0.3) is 0 Å². The van der Waals surface area contributed by atoms with Crippen molar-refractivity contribution in [2.45, 2.75) is 39.7 Å². The van der Waals surface area contributed by atoms with Crippen molar-refractivity contribution in [1.82, 2.24) is 10.6 Å². The summed E-state index contributed by atoms with van der Waals surface area (Å²) >= 11 is 0. The maximum absolute atomic E-state index is 11.5. The first-order valence-corrected chi connectivity index (χ1v) is 6.06. The largest absolute Gasteiger partial charge is 0.444 e. The van der Waals surface area contributed by atoms with Gasteiger partial charge >= 0.3 is 6.09 Å². The summed E-state index contributed by atoms with van der Waals surface area (Å²) in [4.78, 5) is 11.5. The molecule has 0 aromatic heterocycles. The summed E-state index contributed by atoms with van der Waals surface area (Å²) in [7, 11) is 0. The number of piperidine rings is 1. The van der Waals surface area contributed by atoms with E-state index < -0.39 is 5.60 Å². The van der Waals surface area contributed by atoms with Crippen LogP contribution in [-0.2, 0) is 4.74 Å². The van der Waals surface area contributed by atoms with Gasteiger partial charge in [-0.05, 0) is 52.1 Å². The molecule has 0 saturated carbocycles. The number of hydrogen-bond donors (Lipinski definition) is 2. The normalized spacial score (nSPS) is 26.2. The third-order valence-electron chi connectivity index (χ3n) is 2.90. The molecule has 94 valence electrons. The van der Waals surface area contributed by atoms with Gasteiger partial charge in [0.05, 0.1) is 0 Å². The maximum Gasteiger partial charge on any atom is 0.407 e. The molecule has 1 heterocycles. The van der Waals surface area contributed by atoms with E-state index >= 15 is 0 Å². The second-order valence-corrected chi connectivity index (χ2v) is 5.61. The van der Waals surface area contributed by atoms with Crippen LogP contribution >= 0.6 is 0 Å². The van der Waals surface area contributed by atoms with Gasteiger partial charge in [-0.15, -0.1) is 0 Å². The fourth-order valence-electron chi connectivity index (χ4n) is 1.86. The molecule has 1 saturated heterocycles. The van der Waals surface area contributed by atoms with Crippen LogP contribution in [0.5, 0.6) is 0 Å². The van der Waals surface area contributed by atoms with Gasteiger partial charge < -0.3 is 15.4 Å². The minimum absolute atomic E-state index is 0.315. The van der Waals surface area contributed by atoms with Crippen LogP contribution in [0.15, 0.2) is 0 Å². The van der Waals surface area contributed by atoms with E-state index in [-0.39, 0.29) is 6.09 Å². The molecule has 1 aliphatic rings. The molecule has 1 amide bonds. The molecule has 4 heteroatoms. The van der Waals surface area contributed by atoms with E-state index in [0.29, 0.717) is 18.4 Å². The van der Waals surface area contributed by atoms with Crippen LogP contribution in [0.2, 0.25) is 0 Å². The number of nitrogens with one attached hydrogen (secondary N) is 2. The second-order valence-electron chi connectivity index (χ2n) is 5.61. The Balaban J connectivity index is 2.25. The number of rotatable bonds is 2. The van der Waals surface area contributed by atoms with Crippen LogP contribution in [0.1, 0.15) is 34.1 Å². The van der Waals surface area contributed by atoms with Gasteiger partial charge in [-0.25, -0.2) is 4.79 Å². The SMILES string of the molecule is CC1CCNCC1CNC(=O)OC(C)(C)C. The lowest BCUT2D eigenvalue weighted by Gasteiger charge is -2.30. The van der Waals surface area contributed by atoms with Crippen molar-refractivity contribution >= 4 is 6.09 Å². The van der Waals surface area contributed by atoms with Gasteiger partial charge in [-0.3, -0.25) is 0 Å². The van der Waals surface area contributed by atoms with Crippen LogP contribution in [0.3, 0.4) is 0 Å². The van der Waals surface area contributed by atoms with Crippen LogP contribution in [-0.4, -0.2) is 31.3 Å². The Morgan fingerprint density at radius 2 is 2.19 bits per heavy atom. The molecule has 4 nitrogen and oxygen atoms in total. The smallest absolute Gasteiger partial charge is 0.407 e. The van der Waals surface area contributed by atoms with Crippen molar-refractivity contribution < 1.29 is 9.53 Å². The highest BCUT2D eigenvalue weighted by Gasteiger charge is 2.22. The Kier molecular flexibility index (Phi) is 4.59. The highest BCUT2D eigenvalue weighted by Crippen LogP contribution is 2.17. The first-order valence-electron chi connectivity index (χ1n) is 6.06. The predicted molar refractivity (Wildman–Crippen MR) is 64.4 cm³/mol. The zero-order chi connectivity index (χ0) is 12.2. The van der Waals surface area contributed by atoms with E-state index in [1.807, 2.05) is 20.8 Å². The van der Waals surface area contributed by atoms with Crippen LogP contribution in [0, 0.1) is 11.8 Å². The third-order valence-corrected chi connectivity index (χ3v) is 2.90. The van der Waals surface area contributed by atoms with Gasteiger partial charge in [-0.2, -0.15) is 0 Å². The van der Waals surface area contributed by atoms with Crippen LogP contribution in [0.4, 0.5) is 4.79 Å². The van der Waals surface area contributed by atoms with Gasteiger partial charge in [0, 0.05) is 6.54 Å². The zero-order valence-corrected chi connectivity index (χ0v) is 10.8. The van der Waals surface area contributed by atoms with Gasteiger partial charge in [0.1, 0.15) is 5.60 Å². The molecule has 1 rings (SSSR count). The van der Waals surface area contributed by atoms with Crippen LogP contribution < -0.4 is 10.6 Å². The number of alkyl carbamates (subject to hydrolysis) is 1. The third kappa shape index (κ3) is 4.84. The fraction of sp³-hybridized carbons (Fsp3) is 0.917. The van der Waals surface area contributed by atoms with Crippen molar-refractivity contribution in [3.63, 3.8) is 0 Å². The molecule has 1 aliphatic heterocycles. The number of ether oxygens (including phenoxy) is 1. The van der Waals surface area contributed by atoms with E-state index in [9.17, 15) is 4.79 Å². The highest BCUT2D eigenvalue weighted by atomic mass is 16.6. The summed E-state index contributed by atoms with van der Waals surface area (Å²) in [6.45, 7) is 10.6. The molecule has 2 unspecified atom stereocenters. The first kappa shape index (κ1) is 13.3. The topological polar surface area (TPSA) is 50.4 Å². The molecule has 1 fully saturated rings. The van der Waals surface area contributed by atoms with Crippen molar-refractivity contribution in [2.75, 3.05) is 19.6 Å². The summed E-state index contributed by atoms with van der Waals surface area (Å²) in [6.07, 6.45) is 0.867. The minimum atomic E-state index is -0.416. The number of amides is 1. The minimum Gasteiger partial charge on any atom is -0.444 e. The van der Waals surface area contributed by atoms with Crippen molar-refractivity contribution in [3.8, 4) is 0 Å². The Morgan fingerprint density at radius 3 is 2.75 bits per heavy atom. The molecular formula is C12H24N2O2. The summed E-state index contributed by atoms with van der Waals surface area (Å²) in [5.74, 6) is 1.18. The molecule has 0 bridgehead atoms. The van der Waals surface area contributed by atoms with Gasteiger partial charge in [0.15, 0.2) is 0 Å². The highest BCUT2D eigenvalue weighted by molar-refractivity contribution is 5.67. The number of carbonyl (C=O) groups is 1. The molecule has 0 aromatic carbocycles. The molecule has 0 radical (unpaired) electrons. The van der Waals surface area contributed by atoms with Gasteiger partial charge in [0.2, 0.25) is 0 Å². The maximum atomic E-state index is 11.5. The summed E-state index contributed by atoms with van der Waals surface area (Å²) < 4.78 is 5.19. The lowest BCUT2D eigenvalue weighted by molar-refractivity contribution is 0.0510. The molecule has 0 spiro atoms. The van der Waals surface area contributed by atoms with Crippen molar-refractivity contribution in [1.29, 1.82) is 0 Å². The standard InChI is InChI=1S/C12H24N2O2/c1-9-5-6-13-7-10(9)8-14-11(15)16-12(2,3)4/h9-10,13H,5-8H2,1-4H3,(H,14,15). The van der Waals surface area contributed by atoms with Gasteiger partial charge in [0.25, 0.3) is 0 Å². The van der Waals surface area contributed by atoms with E-state index in [1.54, 1.807) is 0 Å². The molecular weight excluding hydrogens is 204 g/mol.